The number of aromatic nitrogens is 1. The van der Waals surface area contributed by atoms with Crippen LogP contribution < -0.4 is 5.73 Å². The molecular formula is C16H16N2. The van der Waals surface area contributed by atoms with Crippen molar-refractivity contribution < 1.29 is 0 Å². The number of hydrogen-bond donors (Lipinski definition) is 2. The van der Waals surface area contributed by atoms with E-state index in [1.165, 1.54) is 27.6 Å². The normalized spacial score (nSPS) is 10.9. The predicted molar refractivity (Wildman–Crippen MR) is 76.5 cm³/mol. The summed E-state index contributed by atoms with van der Waals surface area (Å²) in [6.45, 7) is 0.692. The molecule has 3 aromatic rings. The van der Waals surface area contributed by atoms with Crippen LogP contribution in [0.5, 0.6) is 0 Å². The number of hydrogen-bond acceptors (Lipinski definition) is 1. The molecule has 0 fully saturated rings. The SMILES string of the molecule is NCCc1cccc(-c2c[nH]c3ccccc23)c1. The number of H-pyrrole nitrogens is 1. The van der Waals surface area contributed by atoms with Crippen molar-refractivity contribution in [2.45, 2.75) is 6.42 Å². The van der Waals surface area contributed by atoms with Gasteiger partial charge < -0.3 is 10.7 Å². The lowest BCUT2D eigenvalue weighted by molar-refractivity contribution is 0.969. The van der Waals surface area contributed by atoms with Crippen LogP contribution in [0.25, 0.3) is 22.0 Å². The quantitative estimate of drug-likeness (QED) is 0.719. The molecule has 0 aliphatic carbocycles. The van der Waals surface area contributed by atoms with Gasteiger partial charge in [-0.2, -0.15) is 0 Å². The van der Waals surface area contributed by atoms with Gasteiger partial charge in [0.2, 0.25) is 0 Å². The third-order valence-corrected chi connectivity index (χ3v) is 3.26. The van der Waals surface area contributed by atoms with Gasteiger partial charge in [-0.1, -0.05) is 42.5 Å². The number of rotatable bonds is 3. The minimum Gasteiger partial charge on any atom is -0.361 e. The van der Waals surface area contributed by atoms with Crippen molar-refractivity contribution in [1.29, 1.82) is 0 Å². The summed E-state index contributed by atoms with van der Waals surface area (Å²) in [5.74, 6) is 0. The summed E-state index contributed by atoms with van der Waals surface area (Å²) in [5.41, 5.74) is 10.6. The standard InChI is InChI=1S/C16H16N2/c17-9-8-12-4-3-5-13(10-12)15-11-18-16-7-2-1-6-14(15)16/h1-7,10-11,18H,8-9,17H2. The van der Waals surface area contributed by atoms with E-state index < -0.39 is 0 Å². The third kappa shape index (κ3) is 1.91. The highest BCUT2D eigenvalue weighted by Gasteiger charge is 2.05. The van der Waals surface area contributed by atoms with E-state index in [1.807, 2.05) is 6.07 Å². The number of para-hydroxylation sites is 1. The average molecular weight is 236 g/mol. The topological polar surface area (TPSA) is 41.8 Å². The van der Waals surface area contributed by atoms with Crippen molar-refractivity contribution in [3.8, 4) is 11.1 Å². The fourth-order valence-corrected chi connectivity index (χ4v) is 2.37. The average Bonchev–Trinajstić information content (AvgIpc) is 2.83. The van der Waals surface area contributed by atoms with Crippen LogP contribution in [0.3, 0.4) is 0 Å². The van der Waals surface area contributed by atoms with Crippen LogP contribution in [0, 0.1) is 0 Å². The second kappa shape index (κ2) is 4.67. The summed E-state index contributed by atoms with van der Waals surface area (Å²) in [6, 6.07) is 17.0. The molecule has 18 heavy (non-hydrogen) atoms. The summed E-state index contributed by atoms with van der Waals surface area (Å²) in [5, 5.41) is 1.27. The predicted octanol–water partition coefficient (Wildman–Crippen LogP) is 3.34. The van der Waals surface area contributed by atoms with Crippen LogP contribution in [0.2, 0.25) is 0 Å². The number of nitrogens with two attached hydrogens (primary N) is 1. The Labute approximate surface area is 106 Å². The highest BCUT2D eigenvalue weighted by Crippen LogP contribution is 2.28. The third-order valence-electron chi connectivity index (χ3n) is 3.26. The van der Waals surface area contributed by atoms with Gasteiger partial charge in [0.15, 0.2) is 0 Å². The molecule has 0 amide bonds. The van der Waals surface area contributed by atoms with Gasteiger partial charge in [-0.3, -0.25) is 0 Å². The molecule has 1 aromatic heterocycles. The Morgan fingerprint density at radius 2 is 1.89 bits per heavy atom. The molecule has 0 radical (unpaired) electrons. The maximum atomic E-state index is 5.61. The molecule has 0 spiro atoms. The van der Waals surface area contributed by atoms with Gasteiger partial charge >= 0.3 is 0 Å². The van der Waals surface area contributed by atoms with E-state index in [9.17, 15) is 0 Å². The lowest BCUT2D eigenvalue weighted by Crippen LogP contribution is -2.02. The van der Waals surface area contributed by atoms with Crippen molar-refractivity contribution in [2.24, 2.45) is 5.73 Å². The van der Waals surface area contributed by atoms with E-state index in [0.717, 1.165) is 6.42 Å². The molecule has 0 unspecified atom stereocenters. The first kappa shape index (κ1) is 11.1. The van der Waals surface area contributed by atoms with Gasteiger partial charge in [0.25, 0.3) is 0 Å². The monoisotopic (exact) mass is 236 g/mol. The van der Waals surface area contributed by atoms with E-state index in [1.54, 1.807) is 0 Å². The Kier molecular flexibility index (Phi) is 2.87. The number of benzene rings is 2. The summed E-state index contributed by atoms with van der Waals surface area (Å²) in [6.07, 6.45) is 3.00. The number of nitrogens with one attached hydrogen (secondary N) is 1. The molecule has 2 aromatic carbocycles. The molecule has 3 rings (SSSR count). The fraction of sp³-hybridized carbons (Fsp3) is 0.125. The second-order valence-corrected chi connectivity index (χ2v) is 4.49. The molecule has 0 aliphatic rings. The maximum Gasteiger partial charge on any atom is 0.0460 e. The molecule has 0 saturated carbocycles. The van der Waals surface area contributed by atoms with Crippen LogP contribution in [0.1, 0.15) is 5.56 Å². The fourth-order valence-electron chi connectivity index (χ4n) is 2.37. The van der Waals surface area contributed by atoms with Crippen molar-refractivity contribution in [3.05, 3.63) is 60.3 Å². The molecule has 1 heterocycles. The van der Waals surface area contributed by atoms with Crippen molar-refractivity contribution >= 4 is 10.9 Å². The minimum atomic E-state index is 0.692. The molecule has 0 bridgehead atoms. The van der Waals surface area contributed by atoms with Gasteiger partial charge in [-0.05, 0) is 30.2 Å². The minimum absolute atomic E-state index is 0.692. The Hall–Kier alpha value is -2.06. The highest BCUT2D eigenvalue weighted by molar-refractivity contribution is 5.95. The second-order valence-electron chi connectivity index (χ2n) is 4.49. The summed E-state index contributed by atoms with van der Waals surface area (Å²) in [7, 11) is 0. The smallest absolute Gasteiger partial charge is 0.0460 e. The molecular weight excluding hydrogens is 220 g/mol. The molecule has 90 valence electrons. The van der Waals surface area contributed by atoms with Crippen LogP contribution >= 0.6 is 0 Å². The van der Waals surface area contributed by atoms with E-state index in [2.05, 4.69) is 53.6 Å². The zero-order valence-corrected chi connectivity index (χ0v) is 10.2. The van der Waals surface area contributed by atoms with E-state index >= 15 is 0 Å². The van der Waals surface area contributed by atoms with E-state index in [-0.39, 0.29) is 0 Å². The van der Waals surface area contributed by atoms with E-state index in [0.29, 0.717) is 6.54 Å². The first-order valence-corrected chi connectivity index (χ1v) is 6.24. The lowest BCUT2D eigenvalue weighted by Gasteiger charge is -2.03. The Balaban J connectivity index is 2.11. The first-order chi connectivity index (χ1) is 8.88. The molecule has 2 nitrogen and oxygen atoms in total. The zero-order chi connectivity index (χ0) is 12.4. The highest BCUT2D eigenvalue weighted by atomic mass is 14.7. The van der Waals surface area contributed by atoms with Crippen LogP contribution in [0.4, 0.5) is 0 Å². The van der Waals surface area contributed by atoms with Gasteiger partial charge in [-0.15, -0.1) is 0 Å². The Morgan fingerprint density at radius 3 is 2.78 bits per heavy atom. The molecule has 0 saturated heterocycles. The molecule has 0 atom stereocenters. The zero-order valence-electron chi connectivity index (χ0n) is 10.2. The summed E-state index contributed by atoms with van der Waals surface area (Å²) < 4.78 is 0. The summed E-state index contributed by atoms with van der Waals surface area (Å²) >= 11 is 0. The maximum absolute atomic E-state index is 5.61. The van der Waals surface area contributed by atoms with Gasteiger partial charge in [0.05, 0.1) is 0 Å². The van der Waals surface area contributed by atoms with Gasteiger partial charge in [0, 0.05) is 22.7 Å². The van der Waals surface area contributed by atoms with Gasteiger partial charge in [-0.25, -0.2) is 0 Å². The first-order valence-electron chi connectivity index (χ1n) is 6.24. The Bertz CT molecular complexity index is 667. The Morgan fingerprint density at radius 1 is 1.00 bits per heavy atom. The number of fused-ring (bicyclic) bond motifs is 1. The summed E-state index contributed by atoms with van der Waals surface area (Å²) in [4.78, 5) is 3.31. The van der Waals surface area contributed by atoms with Crippen LogP contribution in [-0.2, 0) is 6.42 Å². The van der Waals surface area contributed by atoms with Crippen molar-refractivity contribution in [2.75, 3.05) is 6.54 Å². The molecule has 0 aliphatic heterocycles. The van der Waals surface area contributed by atoms with E-state index in [4.69, 9.17) is 5.73 Å². The molecule has 3 N–H and O–H groups in total. The van der Waals surface area contributed by atoms with Crippen molar-refractivity contribution in [3.63, 3.8) is 0 Å². The largest absolute Gasteiger partial charge is 0.361 e. The lowest BCUT2D eigenvalue weighted by atomic mass is 10.0. The number of aromatic amines is 1. The van der Waals surface area contributed by atoms with Gasteiger partial charge in [0.1, 0.15) is 0 Å². The molecule has 2 heteroatoms. The van der Waals surface area contributed by atoms with Crippen molar-refractivity contribution in [1.82, 2.24) is 4.98 Å². The van der Waals surface area contributed by atoms with Crippen LogP contribution in [0.15, 0.2) is 54.7 Å². The van der Waals surface area contributed by atoms with Crippen LogP contribution in [-0.4, -0.2) is 11.5 Å².